The van der Waals surface area contributed by atoms with E-state index in [0.29, 0.717) is 22.8 Å². The predicted octanol–water partition coefficient (Wildman–Crippen LogP) is 4.00. The molecule has 2 aromatic heterocycles. The normalized spacial score (nSPS) is 10.7. The van der Waals surface area contributed by atoms with Gasteiger partial charge in [0.25, 0.3) is 11.8 Å². The van der Waals surface area contributed by atoms with Crippen molar-refractivity contribution in [1.82, 2.24) is 9.38 Å². The molecule has 8 nitrogen and oxygen atoms in total. The number of benzene rings is 2. The largest absolute Gasteiger partial charge is 0.493 e. The van der Waals surface area contributed by atoms with Crippen LogP contribution in [0.3, 0.4) is 0 Å². The molecule has 0 atom stereocenters. The van der Waals surface area contributed by atoms with Gasteiger partial charge in [-0.2, -0.15) is 0 Å². The van der Waals surface area contributed by atoms with Crippen molar-refractivity contribution in [2.45, 2.75) is 10.6 Å². The van der Waals surface area contributed by atoms with Crippen LogP contribution in [-0.4, -0.2) is 35.4 Å². The fraction of sp³-hybridized carbons (Fsp3) is 0.125. The summed E-state index contributed by atoms with van der Waals surface area (Å²) in [5.41, 5.74) is 8.17. The SMILES string of the molecule is COc1cc(NC(=O)c2ccc(SCc3cn4ccccc4n3)cc2)c(C(N)=O)cc1OC. The van der Waals surface area contributed by atoms with Gasteiger partial charge < -0.3 is 24.9 Å². The fourth-order valence-electron chi connectivity index (χ4n) is 3.30. The highest BCUT2D eigenvalue weighted by molar-refractivity contribution is 7.98. The first kappa shape index (κ1) is 22.2. The van der Waals surface area contributed by atoms with Crippen LogP contribution in [0.1, 0.15) is 26.4 Å². The summed E-state index contributed by atoms with van der Waals surface area (Å²) < 4.78 is 12.4. The minimum atomic E-state index is -0.690. The Morgan fingerprint density at radius 1 is 1.06 bits per heavy atom. The van der Waals surface area contributed by atoms with Crippen LogP contribution in [0.2, 0.25) is 0 Å². The lowest BCUT2D eigenvalue weighted by Gasteiger charge is -2.14. The highest BCUT2D eigenvalue weighted by Crippen LogP contribution is 2.33. The predicted molar refractivity (Wildman–Crippen MR) is 127 cm³/mol. The van der Waals surface area contributed by atoms with E-state index in [-0.39, 0.29) is 17.2 Å². The molecule has 4 aromatic rings. The molecule has 0 saturated carbocycles. The molecule has 0 fully saturated rings. The second kappa shape index (κ2) is 9.66. The van der Waals surface area contributed by atoms with Crippen LogP contribution in [0.15, 0.2) is 71.9 Å². The summed E-state index contributed by atoms with van der Waals surface area (Å²) in [6.07, 6.45) is 3.97. The van der Waals surface area contributed by atoms with Gasteiger partial charge in [-0.15, -0.1) is 11.8 Å². The van der Waals surface area contributed by atoms with Crippen molar-refractivity contribution in [1.29, 1.82) is 0 Å². The number of rotatable bonds is 8. The molecule has 2 amide bonds. The maximum atomic E-state index is 12.8. The standard InChI is InChI=1S/C24H22N4O4S/c1-31-20-11-18(23(25)29)19(12-21(20)32-2)27-24(30)15-6-8-17(9-7-15)33-14-16-13-28-10-4-3-5-22(28)26-16/h3-13H,14H2,1-2H3,(H2,25,29)(H,27,30). The maximum Gasteiger partial charge on any atom is 0.255 e. The summed E-state index contributed by atoms with van der Waals surface area (Å²) in [6, 6.07) is 16.0. The van der Waals surface area contributed by atoms with Crippen molar-refractivity contribution in [3.63, 3.8) is 0 Å². The van der Waals surface area contributed by atoms with E-state index < -0.39 is 5.91 Å². The first-order chi connectivity index (χ1) is 16.0. The van der Waals surface area contributed by atoms with E-state index in [1.54, 1.807) is 23.9 Å². The number of anilines is 1. The van der Waals surface area contributed by atoms with Gasteiger partial charge in [-0.25, -0.2) is 4.98 Å². The third-order valence-electron chi connectivity index (χ3n) is 4.95. The molecule has 0 aliphatic heterocycles. The molecule has 3 N–H and O–H groups in total. The number of nitrogens with zero attached hydrogens (tertiary/aromatic N) is 2. The van der Waals surface area contributed by atoms with Crippen molar-refractivity contribution in [2.75, 3.05) is 19.5 Å². The van der Waals surface area contributed by atoms with Gasteiger partial charge >= 0.3 is 0 Å². The van der Waals surface area contributed by atoms with Gasteiger partial charge in [0.05, 0.1) is 31.2 Å². The lowest BCUT2D eigenvalue weighted by atomic mass is 10.1. The zero-order chi connectivity index (χ0) is 23.4. The number of ether oxygens (including phenoxy) is 2. The highest BCUT2D eigenvalue weighted by atomic mass is 32.2. The number of nitrogens with one attached hydrogen (secondary N) is 1. The van der Waals surface area contributed by atoms with Gasteiger partial charge in [-0.1, -0.05) is 6.07 Å². The number of carbonyl (C=O) groups excluding carboxylic acids is 2. The summed E-state index contributed by atoms with van der Waals surface area (Å²) in [5.74, 6) is 0.361. The Balaban J connectivity index is 1.45. The molecule has 0 radical (unpaired) electrons. The van der Waals surface area contributed by atoms with Crippen molar-refractivity contribution in [3.05, 3.63) is 83.8 Å². The molecule has 0 unspecified atom stereocenters. The number of aromatic nitrogens is 2. The monoisotopic (exact) mass is 462 g/mol. The molecule has 9 heteroatoms. The Morgan fingerprint density at radius 2 is 1.79 bits per heavy atom. The first-order valence-corrected chi connectivity index (χ1v) is 11.0. The van der Waals surface area contributed by atoms with Gasteiger partial charge in [0, 0.05) is 34.7 Å². The lowest BCUT2D eigenvalue weighted by Crippen LogP contribution is -2.18. The second-order valence-electron chi connectivity index (χ2n) is 7.08. The van der Waals surface area contributed by atoms with Crippen LogP contribution in [-0.2, 0) is 5.75 Å². The van der Waals surface area contributed by atoms with Crippen molar-refractivity contribution < 1.29 is 19.1 Å². The highest BCUT2D eigenvalue weighted by Gasteiger charge is 2.17. The fourth-order valence-corrected chi connectivity index (χ4v) is 4.08. The van der Waals surface area contributed by atoms with E-state index in [0.717, 1.165) is 16.2 Å². The minimum absolute atomic E-state index is 0.126. The lowest BCUT2D eigenvalue weighted by molar-refractivity contribution is 0.100. The maximum absolute atomic E-state index is 12.8. The molecule has 2 heterocycles. The molecule has 2 aromatic carbocycles. The second-order valence-corrected chi connectivity index (χ2v) is 8.13. The number of nitrogens with two attached hydrogens (primary N) is 1. The Bertz CT molecular complexity index is 1290. The Labute approximate surface area is 194 Å². The van der Waals surface area contributed by atoms with E-state index in [2.05, 4.69) is 10.3 Å². The van der Waals surface area contributed by atoms with Crippen LogP contribution in [0.25, 0.3) is 5.65 Å². The van der Waals surface area contributed by atoms with Crippen LogP contribution < -0.4 is 20.5 Å². The third-order valence-corrected chi connectivity index (χ3v) is 6.00. The van der Waals surface area contributed by atoms with Gasteiger partial charge in [0.15, 0.2) is 11.5 Å². The number of hydrogen-bond acceptors (Lipinski definition) is 6. The molecular weight excluding hydrogens is 440 g/mol. The van der Waals surface area contributed by atoms with Crippen LogP contribution in [0.5, 0.6) is 11.5 Å². The van der Waals surface area contributed by atoms with Gasteiger partial charge in [-0.3, -0.25) is 9.59 Å². The number of pyridine rings is 1. The van der Waals surface area contributed by atoms with Crippen LogP contribution in [0.4, 0.5) is 5.69 Å². The number of primary amides is 1. The molecule has 0 saturated heterocycles. The smallest absolute Gasteiger partial charge is 0.255 e. The number of amides is 2. The van der Waals surface area contributed by atoms with Crippen LogP contribution in [0, 0.1) is 0 Å². The van der Waals surface area contributed by atoms with Crippen molar-refractivity contribution in [3.8, 4) is 11.5 Å². The Hall–Kier alpha value is -3.98. The topological polar surface area (TPSA) is 108 Å². The summed E-state index contributed by atoms with van der Waals surface area (Å²) in [6.45, 7) is 0. The zero-order valence-electron chi connectivity index (χ0n) is 18.1. The number of imidazole rings is 1. The van der Waals surface area contributed by atoms with Crippen LogP contribution >= 0.6 is 11.8 Å². The summed E-state index contributed by atoms with van der Waals surface area (Å²) in [5, 5.41) is 2.73. The molecular formula is C24H22N4O4S. The van der Waals surface area contributed by atoms with Crippen molar-refractivity contribution in [2.24, 2.45) is 5.73 Å². The molecule has 4 rings (SSSR count). The number of hydrogen-bond donors (Lipinski definition) is 2. The number of carbonyl (C=O) groups is 2. The van der Waals surface area contributed by atoms with E-state index in [1.165, 1.54) is 26.4 Å². The first-order valence-electron chi connectivity index (χ1n) is 10.0. The van der Waals surface area contributed by atoms with E-state index in [9.17, 15) is 9.59 Å². The van der Waals surface area contributed by atoms with Gasteiger partial charge in [0.2, 0.25) is 0 Å². The number of thioether (sulfide) groups is 1. The van der Waals surface area contributed by atoms with E-state index in [1.807, 2.05) is 47.1 Å². The number of methoxy groups -OCH3 is 2. The van der Waals surface area contributed by atoms with E-state index in [4.69, 9.17) is 15.2 Å². The summed E-state index contributed by atoms with van der Waals surface area (Å²) in [4.78, 5) is 30.2. The molecule has 0 aliphatic rings. The quantitative estimate of drug-likeness (QED) is 0.383. The molecule has 33 heavy (non-hydrogen) atoms. The van der Waals surface area contributed by atoms with Gasteiger partial charge in [0.1, 0.15) is 5.65 Å². The molecule has 0 bridgehead atoms. The van der Waals surface area contributed by atoms with E-state index >= 15 is 0 Å². The summed E-state index contributed by atoms with van der Waals surface area (Å²) in [7, 11) is 2.92. The Kier molecular flexibility index (Phi) is 6.50. The summed E-state index contributed by atoms with van der Waals surface area (Å²) >= 11 is 1.63. The average Bonchev–Trinajstić information content (AvgIpc) is 3.25. The number of fused-ring (bicyclic) bond motifs is 1. The third kappa shape index (κ3) is 4.93. The molecule has 0 aliphatic carbocycles. The molecule has 0 spiro atoms. The minimum Gasteiger partial charge on any atom is -0.493 e. The van der Waals surface area contributed by atoms with Gasteiger partial charge in [-0.05, 0) is 42.5 Å². The average molecular weight is 463 g/mol. The Morgan fingerprint density at radius 3 is 2.45 bits per heavy atom. The van der Waals surface area contributed by atoms with Crippen molar-refractivity contribution >= 4 is 34.9 Å². The zero-order valence-corrected chi connectivity index (χ0v) is 18.9. The molecule has 168 valence electrons.